The van der Waals surface area contributed by atoms with Gasteiger partial charge in [0.15, 0.2) is 11.5 Å². The van der Waals surface area contributed by atoms with Crippen LogP contribution in [-0.2, 0) is 16.0 Å². The maximum absolute atomic E-state index is 12.2. The van der Waals surface area contributed by atoms with Crippen LogP contribution in [0.1, 0.15) is 18.4 Å². The van der Waals surface area contributed by atoms with Crippen LogP contribution >= 0.6 is 11.6 Å². The molecule has 0 unspecified atom stereocenters. The number of hydrogen-bond donors (Lipinski definition) is 1. The van der Waals surface area contributed by atoms with E-state index in [0.717, 1.165) is 24.9 Å². The predicted molar refractivity (Wildman–Crippen MR) is 95.6 cm³/mol. The second-order valence-corrected chi connectivity index (χ2v) is 7.14. The van der Waals surface area contributed by atoms with Gasteiger partial charge in [0.25, 0.3) is 0 Å². The minimum Gasteiger partial charge on any atom is -0.486 e. The van der Waals surface area contributed by atoms with E-state index in [0.29, 0.717) is 42.7 Å². The van der Waals surface area contributed by atoms with Gasteiger partial charge in [0.2, 0.25) is 5.91 Å². The number of rotatable bonds is 6. The lowest BCUT2D eigenvalue weighted by molar-refractivity contribution is -0.132. The summed E-state index contributed by atoms with van der Waals surface area (Å²) in [7, 11) is 4.02. The van der Waals surface area contributed by atoms with Crippen molar-refractivity contribution in [2.24, 2.45) is 0 Å². The maximum Gasteiger partial charge on any atom is 0.249 e. The molecule has 0 radical (unpaired) electrons. The highest BCUT2D eigenvalue weighted by atomic mass is 35.5. The number of carbonyl (C=O) groups excluding carboxylic acids is 1. The summed E-state index contributed by atoms with van der Waals surface area (Å²) in [5.41, 5.74) is 1.01. The molecule has 0 bridgehead atoms. The van der Waals surface area contributed by atoms with Crippen LogP contribution in [0.25, 0.3) is 0 Å². The average Bonchev–Trinajstić information content (AvgIpc) is 3.02. The topological polar surface area (TPSA) is 60.0 Å². The highest BCUT2D eigenvalue weighted by Crippen LogP contribution is 2.38. The Hall–Kier alpha value is -1.50. The highest BCUT2D eigenvalue weighted by molar-refractivity contribution is 6.32. The lowest BCUT2D eigenvalue weighted by atomic mass is 10.1. The van der Waals surface area contributed by atoms with Crippen LogP contribution in [0.5, 0.6) is 11.5 Å². The smallest absolute Gasteiger partial charge is 0.249 e. The Kier molecular flexibility index (Phi) is 6.04. The van der Waals surface area contributed by atoms with E-state index in [4.69, 9.17) is 25.8 Å². The van der Waals surface area contributed by atoms with Gasteiger partial charge in [-0.25, -0.2) is 0 Å². The van der Waals surface area contributed by atoms with Crippen molar-refractivity contribution in [2.45, 2.75) is 31.5 Å². The van der Waals surface area contributed by atoms with Crippen LogP contribution in [0, 0.1) is 0 Å². The van der Waals surface area contributed by atoms with Crippen molar-refractivity contribution in [3.8, 4) is 11.5 Å². The third-order valence-electron chi connectivity index (χ3n) is 4.34. The summed E-state index contributed by atoms with van der Waals surface area (Å²) >= 11 is 6.23. The number of nitrogens with one attached hydrogen (secondary N) is 1. The lowest BCUT2D eigenvalue weighted by Crippen LogP contribution is -2.36. The molecule has 0 aromatic heterocycles. The van der Waals surface area contributed by atoms with Gasteiger partial charge in [-0.15, -0.1) is 0 Å². The third-order valence-corrected chi connectivity index (χ3v) is 4.62. The van der Waals surface area contributed by atoms with Crippen LogP contribution in [0.4, 0.5) is 0 Å². The summed E-state index contributed by atoms with van der Waals surface area (Å²) in [5.74, 6) is 1.24. The van der Waals surface area contributed by atoms with Crippen molar-refractivity contribution in [1.82, 2.24) is 10.2 Å². The van der Waals surface area contributed by atoms with Crippen molar-refractivity contribution in [3.05, 3.63) is 22.7 Å². The quantitative estimate of drug-likeness (QED) is 0.830. The van der Waals surface area contributed by atoms with Crippen LogP contribution < -0.4 is 14.8 Å². The van der Waals surface area contributed by atoms with Crippen molar-refractivity contribution in [3.63, 3.8) is 0 Å². The van der Waals surface area contributed by atoms with Crippen molar-refractivity contribution in [1.29, 1.82) is 0 Å². The highest BCUT2D eigenvalue weighted by Gasteiger charge is 2.30. The molecule has 138 valence electrons. The lowest BCUT2D eigenvalue weighted by Gasteiger charge is -2.20. The standard InChI is InChI=1S/C18H25ClN2O4/c1-21(2)11-13-3-4-15(25-13)18(22)20-6-5-12-9-14(19)17-16(10-12)23-7-8-24-17/h9-10,13,15H,3-8,11H2,1-2H3,(H,20,22)/t13-,15+/m1/s1. The first kappa shape index (κ1) is 18.3. The fourth-order valence-electron chi connectivity index (χ4n) is 3.19. The average molecular weight is 369 g/mol. The fourth-order valence-corrected chi connectivity index (χ4v) is 3.48. The van der Waals surface area contributed by atoms with Crippen LogP contribution in [-0.4, -0.2) is 63.4 Å². The molecule has 2 heterocycles. The second-order valence-electron chi connectivity index (χ2n) is 6.73. The molecular weight excluding hydrogens is 344 g/mol. The zero-order chi connectivity index (χ0) is 17.8. The minimum absolute atomic E-state index is 0.0371. The first-order valence-electron chi connectivity index (χ1n) is 8.69. The number of likely N-dealkylation sites (N-methyl/N-ethyl adjacent to an activating group) is 1. The number of fused-ring (bicyclic) bond motifs is 1. The van der Waals surface area contributed by atoms with Gasteiger partial charge in [0.1, 0.15) is 19.3 Å². The molecule has 0 aliphatic carbocycles. The fraction of sp³-hybridized carbons (Fsp3) is 0.611. The van der Waals surface area contributed by atoms with Crippen LogP contribution in [0.2, 0.25) is 5.02 Å². The molecule has 2 aliphatic heterocycles. The molecule has 1 amide bonds. The van der Waals surface area contributed by atoms with Crippen LogP contribution in [0.3, 0.4) is 0 Å². The largest absolute Gasteiger partial charge is 0.486 e. The van der Waals surface area contributed by atoms with Gasteiger partial charge in [-0.1, -0.05) is 11.6 Å². The molecule has 0 spiro atoms. The summed E-state index contributed by atoms with van der Waals surface area (Å²) in [6.45, 7) is 2.42. The van der Waals surface area contributed by atoms with Gasteiger partial charge < -0.3 is 24.4 Å². The summed E-state index contributed by atoms with van der Waals surface area (Å²) in [6.07, 6.45) is 2.18. The molecule has 1 N–H and O–H groups in total. The minimum atomic E-state index is -0.339. The summed E-state index contributed by atoms with van der Waals surface area (Å²) in [6, 6.07) is 3.78. The molecule has 2 aliphatic rings. The number of benzene rings is 1. The van der Waals surface area contributed by atoms with E-state index in [1.807, 2.05) is 26.2 Å². The molecule has 0 saturated carbocycles. The zero-order valence-corrected chi connectivity index (χ0v) is 15.5. The number of halogens is 1. The molecular formula is C18H25ClN2O4. The van der Waals surface area contributed by atoms with E-state index in [1.54, 1.807) is 0 Å². The van der Waals surface area contributed by atoms with Gasteiger partial charge in [-0.2, -0.15) is 0 Å². The molecule has 25 heavy (non-hydrogen) atoms. The van der Waals surface area contributed by atoms with Gasteiger partial charge in [0, 0.05) is 13.1 Å². The van der Waals surface area contributed by atoms with E-state index < -0.39 is 0 Å². The van der Waals surface area contributed by atoms with E-state index in [9.17, 15) is 4.79 Å². The Morgan fingerprint density at radius 1 is 1.28 bits per heavy atom. The Balaban J connectivity index is 1.47. The molecule has 1 fully saturated rings. The maximum atomic E-state index is 12.2. The zero-order valence-electron chi connectivity index (χ0n) is 14.7. The van der Waals surface area contributed by atoms with Gasteiger partial charge >= 0.3 is 0 Å². The monoisotopic (exact) mass is 368 g/mol. The summed E-state index contributed by atoms with van der Waals surface area (Å²) in [5, 5.41) is 3.50. The Morgan fingerprint density at radius 2 is 2.08 bits per heavy atom. The van der Waals surface area contributed by atoms with E-state index in [2.05, 4.69) is 10.2 Å². The molecule has 1 aromatic carbocycles. The molecule has 6 nitrogen and oxygen atoms in total. The third kappa shape index (κ3) is 4.77. The molecule has 3 rings (SSSR count). The van der Waals surface area contributed by atoms with E-state index in [1.165, 1.54) is 0 Å². The number of ether oxygens (including phenoxy) is 3. The molecule has 1 aromatic rings. The Labute approximate surface area is 153 Å². The molecule has 2 atom stereocenters. The van der Waals surface area contributed by atoms with Crippen molar-refractivity contribution < 1.29 is 19.0 Å². The first-order valence-corrected chi connectivity index (χ1v) is 9.06. The number of carbonyl (C=O) groups is 1. The normalized spacial score (nSPS) is 22.2. The van der Waals surface area contributed by atoms with Gasteiger partial charge in [-0.05, 0) is 51.1 Å². The second kappa shape index (κ2) is 8.25. The number of hydrogen-bond acceptors (Lipinski definition) is 5. The SMILES string of the molecule is CN(C)C[C@H]1CC[C@@H](C(=O)NCCc2cc(Cl)c3c(c2)OCCO3)O1. The van der Waals surface area contributed by atoms with Gasteiger partial charge in [-0.3, -0.25) is 4.79 Å². The summed E-state index contributed by atoms with van der Waals surface area (Å²) < 4.78 is 16.9. The van der Waals surface area contributed by atoms with Crippen molar-refractivity contribution in [2.75, 3.05) is 40.4 Å². The first-order chi connectivity index (χ1) is 12.0. The van der Waals surface area contributed by atoms with E-state index in [-0.39, 0.29) is 18.1 Å². The summed E-state index contributed by atoms with van der Waals surface area (Å²) in [4.78, 5) is 14.3. The van der Waals surface area contributed by atoms with Gasteiger partial charge in [0.05, 0.1) is 11.1 Å². The Bertz CT molecular complexity index is 623. The molecule has 1 saturated heterocycles. The number of amides is 1. The number of nitrogens with zero attached hydrogens (tertiary/aromatic N) is 1. The molecule has 7 heteroatoms. The predicted octanol–water partition coefficient (Wildman–Crippen LogP) is 1.88. The Morgan fingerprint density at radius 3 is 2.88 bits per heavy atom. The van der Waals surface area contributed by atoms with Crippen LogP contribution in [0.15, 0.2) is 12.1 Å². The van der Waals surface area contributed by atoms with Crippen molar-refractivity contribution >= 4 is 17.5 Å². The van der Waals surface area contributed by atoms with E-state index >= 15 is 0 Å².